The van der Waals surface area contributed by atoms with Crippen molar-refractivity contribution in [1.82, 2.24) is 0 Å². The number of carboxylic acid groups (broad SMARTS) is 2. The Morgan fingerprint density at radius 2 is 2.00 bits per heavy atom. The Balaban J connectivity index is 4.66. The molecule has 0 aliphatic carbocycles. The van der Waals surface area contributed by atoms with E-state index in [9.17, 15) is 9.59 Å². The van der Waals surface area contributed by atoms with Crippen LogP contribution in [0.25, 0.3) is 0 Å². The Kier molecular flexibility index (Phi) is 4.36. The van der Waals surface area contributed by atoms with Gasteiger partial charge in [0.15, 0.2) is 0 Å². The molecule has 12 heavy (non-hydrogen) atoms. The number of carbonyl (C=O) groups is 2. The van der Waals surface area contributed by atoms with Crippen molar-refractivity contribution < 1.29 is 19.8 Å². The predicted molar refractivity (Wildman–Crippen MR) is 43.3 cm³/mol. The minimum atomic E-state index is -1.30. The fourth-order valence-electron chi connectivity index (χ4n) is 0.639. The number of hydrogen-bond acceptors (Lipinski definition) is 2. The van der Waals surface area contributed by atoms with Crippen molar-refractivity contribution in [3.63, 3.8) is 0 Å². The summed E-state index contributed by atoms with van der Waals surface area (Å²) in [7, 11) is 0. The summed E-state index contributed by atoms with van der Waals surface area (Å²) in [5, 5.41) is 16.0. The minimum Gasteiger partial charge on any atom is -0.478 e. The zero-order chi connectivity index (χ0) is 9.72. The van der Waals surface area contributed by atoms with Crippen LogP contribution in [0, 0.1) is 0 Å². The highest BCUT2D eigenvalue weighted by Crippen LogP contribution is 2.13. The van der Waals surface area contributed by atoms with Crippen LogP contribution in [0.2, 0.25) is 0 Å². The summed E-state index contributed by atoms with van der Waals surface area (Å²) in [5.74, 6) is -2.59. The molecule has 0 heterocycles. The first-order valence-electron chi connectivity index (χ1n) is 3.31. The van der Waals surface area contributed by atoms with Crippen molar-refractivity contribution in [3.8, 4) is 0 Å². The van der Waals surface area contributed by atoms with Gasteiger partial charge in [0.1, 0.15) is 0 Å². The van der Waals surface area contributed by atoms with E-state index in [-0.39, 0.29) is 5.57 Å². The largest absolute Gasteiger partial charge is 0.478 e. The summed E-state index contributed by atoms with van der Waals surface area (Å²) in [6, 6.07) is 0. The monoisotopic (exact) mass is 192 g/mol. The maximum absolute atomic E-state index is 10.4. The van der Waals surface area contributed by atoms with Crippen LogP contribution in [-0.4, -0.2) is 27.5 Å². The lowest BCUT2D eigenvalue weighted by Crippen LogP contribution is -2.13. The smallest absolute Gasteiger partial charge is 0.333 e. The van der Waals surface area contributed by atoms with E-state index in [0.29, 0.717) is 12.5 Å². The highest BCUT2D eigenvalue weighted by molar-refractivity contribution is 6.25. The number of aliphatic carboxylic acids is 2. The van der Waals surface area contributed by atoms with Gasteiger partial charge in [-0.25, -0.2) is 9.59 Å². The van der Waals surface area contributed by atoms with Crippen molar-refractivity contribution in [3.05, 3.63) is 11.6 Å². The van der Waals surface area contributed by atoms with E-state index in [1.807, 2.05) is 0 Å². The molecule has 1 unspecified atom stereocenters. The molecule has 0 bridgehead atoms. The Morgan fingerprint density at radius 1 is 1.50 bits per heavy atom. The molecule has 0 aromatic carbocycles. The van der Waals surface area contributed by atoms with E-state index in [1.165, 1.54) is 0 Å². The summed E-state index contributed by atoms with van der Waals surface area (Å²) in [6.07, 6.45) is 0.996. The molecule has 0 radical (unpaired) electrons. The van der Waals surface area contributed by atoms with E-state index in [1.54, 1.807) is 6.92 Å². The van der Waals surface area contributed by atoms with Gasteiger partial charge in [0.2, 0.25) is 0 Å². The van der Waals surface area contributed by atoms with Crippen LogP contribution in [0.1, 0.15) is 13.3 Å². The van der Waals surface area contributed by atoms with Gasteiger partial charge in [-0.05, 0) is 6.42 Å². The Labute approximate surface area is 74.5 Å². The molecular weight excluding hydrogens is 184 g/mol. The lowest BCUT2D eigenvalue weighted by Gasteiger charge is -2.05. The van der Waals surface area contributed by atoms with E-state index in [4.69, 9.17) is 21.8 Å². The van der Waals surface area contributed by atoms with Gasteiger partial charge in [-0.3, -0.25) is 0 Å². The molecule has 0 saturated heterocycles. The number of rotatable bonds is 4. The maximum atomic E-state index is 10.4. The average molecular weight is 193 g/mol. The van der Waals surface area contributed by atoms with Crippen molar-refractivity contribution in [2.45, 2.75) is 18.7 Å². The van der Waals surface area contributed by atoms with Crippen molar-refractivity contribution >= 4 is 23.5 Å². The highest BCUT2D eigenvalue weighted by atomic mass is 35.5. The molecule has 5 heteroatoms. The second kappa shape index (κ2) is 4.77. The Hall–Kier alpha value is -1.03. The zero-order valence-electron chi connectivity index (χ0n) is 6.45. The molecule has 0 spiro atoms. The molecule has 0 aromatic heterocycles. The Bertz CT molecular complexity index is 221. The molecule has 0 amide bonds. The first kappa shape index (κ1) is 11.0. The molecule has 4 nitrogen and oxygen atoms in total. The van der Waals surface area contributed by atoms with Gasteiger partial charge in [0.25, 0.3) is 0 Å². The average Bonchev–Trinajstić information content (AvgIpc) is 1.98. The molecule has 0 aliphatic heterocycles. The normalized spacial score (nSPS) is 14.0. The number of hydrogen-bond donors (Lipinski definition) is 2. The van der Waals surface area contributed by atoms with Gasteiger partial charge < -0.3 is 10.2 Å². The fraction of sp³-hybridized carbons (Fsp3) is 0.429. The van der Waals surface area contributed by atoms with Crippen LogP contribution < -0.4 is 0 Å². The maximum Gasteiger partial charge on any atom is 0.333 e. The molecule has 0 saturated carbocycles. The first-order valence-corrected chi connectivity index (χ1v) is 3.74. The summed E-state index contributed by atoms with van der Waals surface area (Å²) in [6.45, 7) is 1.68. The van der Waals surface area contributed by atoms with E-state index in [2.05, 4.69) is 0 Å². The number of carboxylic acids is 2. The zero-order valence-corrected chi connectivity index (χ0v) is 7.21. The molecule has 0 aliphatic rings. The van der Waals surface area contributed by atoms with Gasteiger partial charge >= 0.3 is 11.9 Å². The van der Waals surface area contributed by atoms with Gasteiger partial charge in [0.05, 0.1) is 11.0 Å². The second-order valence-corrected chi connectivity index (χ2v) is 2.65. The topological polar surface area (TPSA) is 74.6 Å². The molecule has 0 rings (SSSR count). The molecule has 0 aromatic rings. The van der Waals surface area contributed by atoms with Gasteiger partial charge in [-0.1, -0.05) is 6.92 Å². The summed E-state index contributed by atoms with van der Waals surface area (Å²) in [4.78, 5) is 20.6. The van der Waals surface area contributed by atoms with Gasteiger partial charge in [-0.2, -0.15) is 0 Å². The van der Waals surface area contributed by atoms with Crippen LogP contribution in [0.3, 0.4) is 0 Å². The van der Waals surface area contributed by atoms with E-state index >= 15 is 0 Å². The van der Waals surface area contributed by atoms with Crippen molar-refractivity contribution in [2.75, 3.05) is 0 Å². The van der Waals surface area contributed by atoms with Gasteiger partial charge in [-0.15, -0.1) is 11.6 Å². The third kappa shape index (κ3) is 3.39. The van der Waals surface area contributed by atoms with E-state index < -0.39 is 17.3 Å². The van der Waals surface area contributed by atoms with Crippen LogP contribution in [-0.2, 0) is 9.59 Å². The standard InChI is InChI=1S/C7H9ClO4/c1-2-5(8)4(7(11)12)3-6(9)10/h3,5H,2H2,1H3,(H,9,10)(H,11,12)/b4-3-. The van der Waals surface area contributed by atoms with Gasteiger partial charge in [0, 0.05) is 6.08 Å². The molecule has 1 atom stereocenters. The quantitative estimate of drug-likeness (QED) is 0.517. The summed E-state index contributed by atoms with van der Waals surface area (Å²) >= 11 is 5.56. The second-order valence-electron chi connectivity index (χ2n) is 2.12. The summed E-state index contributed by atoms with van der Waals surface area (Å²) < 4.78 is 0. The number of halogens is 1. The molecule has 0 fully saturated rings. The van der Waals surface area contributed by atoms with Crippen LogP contribution in [0.5, 0.6) is 0 Å². The summed E-state index contributed by atoms with van der Waals surface area (Å²) in [5.41, 5.74) is -0.285. The van der Waals surface area contributed by atoms with Crippen LogP contribution in [0.4, 0.5) is 0 Å². The first-order chi connectivity index (χ1) is 5.49. The highest BCUT2D eigenvalue weighted by Gasteiger charge is 2.17. The Morgan fingerprint density at radius 3 is 2.25 bits per heavy atom. The predicted octanol–water partition coefficient (Wildman–Crippen LogP) is 1.10. The minimum absolute atomic E-state index is 0.285. The third-order valence-corrected chi connectivity index (χ3v) is 1.77. The molecular formula is C7H9ClO4. The van der Waals surface area contributed by atoms with E-state index in [0.717, 1.165) is 0 Å². The van der Waals surface area contributed by atoms with Crippen LogP contribution in [0.15, 0.2) is 11.6 Å². The third-order valence-electron chi connectivity index (χ3n) is 1.22. The molecule has 68 valence electrons. The van der Waals surface area contributed by atoms with Crippen LogP contribution >= 0.6 is 11.6 Å². The lowest BCUT2D eigenvalue weighted by atomic mass is 10.1. The molecule has 2 N–H and O–H groups in total. The fourth-order valence-corrected chi connectivity index (χ4v) is 0.795. The number of alkyl halides is 1. The SMILES string of the molecule is CCC(Cl)/C(=C/C(=O)O)C(=O)O. The lowest BCUT2D eigenvalue weighted by molar-refractivity contribution is -0.135. The van der Waals surface area contributed by atoms with Crippen molar-refractivity contribution in [1.29, 1.82) is 0 Å². The van der Waals surface area contributed by atoms with Crippen molar-refractivity contribution in [2.24, 2.45) is 0 Å².